The Morgan fingerprint density at radius 3 is 2.25 bits per heavy atom. The van der Waals surface area contributed by atoms with Gasteiger partial charge in [0.25, 0.3) is 0 Å². The third kappa shape index (κ3) is 2.85. The number of fused-ring (bicyclic) bond motifs is 2. The molecule has 0 saturated heterocycles. The number of aromatic hydroxyl groups is 1. The maximum absolute atomic E-state index is 10.3. The summed E-state index contributed by atoms with van der Waals surface area (Å²) in [4.78, 5) is 9.44. The van der Waals surface area contributed by atoms with E-state index < -0.39 is 0 Å². The van der Waals surface area contributed by atoms with E-state index in [0.717, 1.165) is 44.6 Å². The van der Waals surface area contributed by atoms with Crippen molar-refractivity contribution < 1.29 is 5.11 Å². The minimum atomic E-state index is 0.179. The van der Waals surface area contributed by atoms with Crippen LogP contribution in [-0.2, 0) is 0 Å². The minimum absolute atomic E-state index is 0.179. The average molecular weight is 413 g/mol. The van der Waals surface area contributed by atoms with Gasteiger partial charge in [0.15, 0.2) is 0 Å². The SMILES string of the molecule is Oc1ccc(-c2ccccc2-c2nc3ccccc3n2-c2ccccc2)c2cccnc12. The first-order valence-corrected chi connectivity index (χ1v) is 10.5. The van der Waals surface area contributed by atoms with Crippen molar-refractivity contribution in [2.24, 2.45) is 0 Å². The van der Waals surface area contributed by atoms with Crippen LogP contribution in [0, 0.1) is 0 Å². The average Bonchev–Trinajstić information content (AvgIpc) is 3.25. The predicted molar refractivity (Wildman–Crippen MR) is 129 cm³/mol. The lowest BCUT2D eigenvalue weighted by Gasteiger charge is -2.14. The molecule has 32 heavy (non-hydrogen) atoms. The number of pyridine rings is 1. The van der Waals surface area contributed by atoms with Gasteiger partial charge in [0.2, 0.25) is 0 Å². The molecule has 0 spiro atoms. The van der Waals surface area contributed by atoms with Crippen LogP contribution < -0.4 is 0 Å². The van der Waals surface area contributed by atoms with Gasteiger partial charge in [-0.2, -0.15) is 0 Å². The molecule has 0 bridgehead atoms. The molecule has 2 aromatic heterocycles. The minimum Gasteiger partial charge on any atom is -0.506 e. The summed E-state index contributed by atoms with van der Waals surface area (Å²) in [6.07, 6.45) is 1.70. The van der Waals surface area contributed by atoms with Gasteiger partial charge >= 0.3 is 0 Å². The Balaban J connectivity index is 1.68. The van der Waals surface area contributed by atoms with Crippen LogP contribution in [0.25, 0.3) is 50.1 Å². The molecule has 0 saturated carbocycles. The molecule has 4 heteroatoms. The Morgan fingerprint density at radius 2 is 1.38 bits per heavy atom. The van der Waals surface area contributed by atoms with Crippen LogP contribution in [0.4, 0.5) is 0 Å². The smallest absolute Gasteiger partial charge is 0.146 e. The summed E-state index contributed by atoms with van der Waals surface area (Å²) in [6.45, 7) is 0. The number of hydrogen-bond donors (Lipinski definition) is 1. The van der Waals surface area contributed by atoms with Crippen molar-refractivity contribution >= 4 is 21.9 Å². The van der Waals surface area contributed by atoms with E-state index in [4.69, 9.17) is 4.98 Å². The van der Waals surface area contributed by atoms with Crippen molar-refractivity contribution in [3.63, 3.8) is 0 Å². The van der Waals surface area contributed by atoms with Gasteiger partial charge in [0, 0.05) is 22.8 Å². The topological polar surface area (TPSA) is 50.9 Å². The third-order valence-corrected chi connectivity index (χ3v) is 5.78. The van der Waals surface area contributed by atoms with E-state index in [1.807, 2.05) is 66.7 Å². The Labute approximate surface area is 185 Å². The van der Waals surface area contributed by atoms with E-state index in [2.05, 4.69) is 39.9 Å². The van der Waals surface area contributed by atoms with Crippen molar-refractivity contribution in [1.29, 1.82) is 0 Å². The second kappa shape index (κ2) is 7.36. The zero-order valence-electron chi connectivity index (χ0n) is 17.2. The summed E-state index contributed by atoms with van der Waals surface area (Å²) in [6, 6.07) is 34.3. The fourth-order valence-electron chi connectivity index (χ4n) is 4.35. The highest BCUT2D eigenvalue weighted by Gasteiger charge is 2.19. The lowest BCUT2D eigenvalue weighted by Crippen LogP contribution is -1.98. The summed E-state index contributed by atoms with van der Waals surface area (Å²) in [5.74, 6) is 1.05. The van der Waals surface area contributed by atoms with Crippen molar-refractivity contribution in [2.45, 2.75) is 0 Å². The lowest BCUT2D eigenvalue weighted by molar-refractivity contribution is 0.480. The van der Waals surface area contributed by atoms with Crippen molar-refractivity contribution in [1.82, 2.24) is 14.5 Å². The van der Waals surface area contributed by atoms with Crippen LogP contribution in [0.5, 0.6) is 5.75 Å². The summed E-state index contributed by atoms with van der Waals surface area (Å²) < 4.78 is 2.20. The number of para-hydroxylation sites is 3. The van der Waals surface area contributed by atoms with Gasteiger partial charge < -0.3 is 5.11 Å². The van der Waals surface area contributed by atoms with Gasteiger partial charge in [-0.1, -0.05) is 60.7 Å². The van der Waals surface area contributed by atoms with E-state index in [0.29, 0.717) is 5.52 Å². The van der Waals surface area contributed by atoms with E-state index >= 15 is 0 Å². The summed E-state index contributed by atoms with van der Waals surface area (Å²) in [5, 5.41) is 11.2. The monoisotopic (exact) mass is 413 g/mol. The van der Waals surface area contributed by atoms with E-state index in [1.54, 1.807) is 12.3 Å². The molecular weight excluding hydrogens is 394 g/mol. The van der Waals surface area contributed by atoms with Crippen LogP contribution in [0.3, 0.4) is 0 Å². The van der Waals surface area contributed by atoms with Crippen LogP contribution >= 0.6 is 0 Å². The van der Waals surface area contributed by atoms with Crippen LogP contribution in [0.1, 0.15) is 0 Å². The Bertz CT molecular complexity index is 1590. The molecule has 1 N–H and O–H groups in total. The molecule has 0 atom stereocenters. The van der Waals surface area contributed by atoms with Crippen molar-refractivity contribution in [2.75, 3.05) is 0 Å². The zero-order chi connectivity index (χ0) is 21.5. The number of benzene rings is 4. The number of aromatic nitrogens is 3. The summed E-state index contributed by atoms with van der Waals surface area (Å²) >= 11 is 0. The highest BCUT2D eigenvalue weighted by atomic mass is 16.3. The van der Waals surface area contributed by atoms with Gasteiger partial charge in [0.05, 0.1) is 11.0 Å². The first kappa shape index (κ1) is 18.3. The van der Waals surface area contributed by atoms with E-state index in [1.165, 1.54) is 0 Å². The van der Waals surface area contributed by atoms with Gasteiger partial charge in [-0.15, -0.1) is 0 Å². The standard InChI is InChI=1S/C28H19N3O/c32-26-17-16-21(22-13-8-18-29-27(22)26)20-11-4-5-12-23(20)28-30-24-14-6-7-15-25(24)31(28)19-9-2-1-3-10-19/h1-18,32H. The first-order valence-electron chi connectivity index (χ1n) is 10.5. The molecule has 0 fully saturated rings. The highest BCUT2D eigenvalue weighted by Crippen LogP contribution is 2.39. The Kier molecular flexibility index (Phi) is 4.22. The molecule has 0 radical (unpaired) electrons. The number of nitrogens with zero attached hydrogens (tertiary/aromatic N) is 3. The van der Waals surface area contributed by atoms with Crippen LogP contribution in [-0.4, -0.2) is 19.6 Å². The molecule has 2 heterocycles. The highest BCUT2D eigenvalue weighted by molar-refractivity contribution is 6.01. The van der Waals surface area contributed by atoms with Crippen LogP contribution in [0.2, 0.25) is 0 Å². The molecule has 0 amide bonds. The molecule has 0 aliphatic carbocycles. The molecule has 0 aliphatic rings. The van der Waals surface area contributed by atoms with E-state index in [9.17, 15) is 5.11 Å². The zero-order valence-corrected chi connectivity index (χ0v) is 17.2. The second-order valence-electron chi connectivity index (χ2n) is 7.67. The number of imidazole rings is 1. The summed E-state index contributed by atoms with van der Waals surface area (Å²) in [5.41, 5.74) is 6.72. The Hall–Kier alpha value is -4.44. The fourth-order valence-corrected chi connectivity index (χ4v) is 4.35. The quantitative estimate of drug-likeness (QED) is 0.355. The summed E-state index contributed by atoms with van der Waals surface area (Å²) in [7, 11) is 0. The molecule has 4 nitrogen and oxygen atoms in total. The maximum Gasteiger partial charge on any atom is 0.146 e. The molecule has 152 valence electrons. The largest absolute Gasteiger partial charge is 0.506 e. The van der Waals surface area contributed by atoms with Gasteiger partial charge in [-0.05, 0) is 53.6 Å². The predicted octanol–water partition coefficient (Wildman–Crippen LogP) is 6.61. The van der Waals surface area contributed by atoms with Gasteiger partial charge in [-0.3, -0.25) is 9.55 Å². The molecule has 6 aromatic rings. The number of phenolic OH excluding ortho intramolecular Hbond substituents is 1. The molecule has 4 aromatic carbocycles. The second-order valence-corrected chi connectivity index (χ2v) is 7.67. The van der Waals surface area contributed by atoms with Crippen molar-refractivity contribution in [3.05, 3.63) is 109 Å². The normalized spacial score (nSPS) is 11.2. The molecule has 0 unspecified atom stereocenters. The number of phenols is 1. The lowest BCUT2D eigenvalue weighted by atomic mass is 9.95. The van der Waals surface area contributed by atoms with Gasteiger partial charge in [-0.25, -0.2) is 4.98 Å². The molecule has 0 aliphatic heterocycles. The third-order valence-electron chi connectivity index (χ3n) is 5.78. The van der Waals surface area contributed by atoms with Gasteiger partial charge in [0.1, 0.15) is 17.1 Å². The first-order chi connectivity index (χ1) is 15.8. The number of rotatable bonds is 3. The molecule has 6 rings (SSSR count). The van der Waals surface area contributed by atoms with E-state index in [-0.39, 0.29) is 5.75 Å². The van der Waals surface area contributed by atoms with Crippen molar-refractivity contribution in [3.8, 4) is 34.0 Å². The maximum atomic E-state index is 10.3. The fraction of sp³-hybridized carbons (Fsp3) is 0. The molecular formula is C28H19N3O. The van der Waals surface area contributed by atoms with Crippen LogP contribution in [0.15, 0.2) is 109 Å². The number of hydrogen-bond acceptors (Lipinski definition) is 3. The Morgan fingerprint density at radius 1 is 0.625 bits per heavy atom.